The van der Waals surface area contributed by atoms with Crippen molar-refractivity contribution in [2.24, 2.45) is 17.8 Å². The number of amides is 2. The zero-order chi connectivity index (χ0) is 20.2. The zero-order valence-electron chi connectivity index (χ0n) is 16.1. The lowest BCUT2D eigenvalue weighted by molar-refractivity contribution is -0.163. The highest BCUT2D eigenvalue weighted by Crippen LogP contribution is 2.51. The molecule has 0 spiro atoms. The second-order valence-corrected chi connectivity index (χ2v) is 9.71. The van der Waals surface area contributed by atoms with Crippen molar-refractivity contribution in [3.05, 3.63) is 10.6 Å². The predicted molar refractivity (Wildman–Crippen MR) is 103 cm³/mol. The van der Waals surface area contributed by atoms with Crippen LogP contribution in [0.5, 0.6) is 0 Å². The summed E-state index contributed by atoms with van der Waals surface area (Å²) in [6, 6.07) is -0.0192. The molecule has 4 N–H and O–H groups in total. The first-order valence-electron chi connectivity index (χ1n) is 9.96. The minimum absolute atomic E-state index is 0.0619. The largest absolute Gasteiger partial charge is 0.477 e. The van der Waals surface area contributed by atoms with E-state index in [0.717, 1.165) is 37.3 Å². The van der Waals surface area contributed by atoms with Gasteiger partial charge >= 0.3 is 5.97 Å². The predicted octanol–water partition coefficient (Wildman–Crippen LogP) is 0.130. The molecule has 3 fully saturated rings. The van der Waals surface area contributed by atoms with E-state index in [4.69, 9.17) is 0 Å². The lowest BCUT2D eigenvalue weighted by Crippen LogP contribution is -2.63. The van der Waals surface area contributed by atoms with Gasteiger partial charge in [0.2, 0.25) is 11.8 Å². The number of carbonyl (C=O) groups excluding carboxylic acids is 2. The second-order valence-electron chi connectivity index (χ2n) is 8.36. The maximum atomic E-state index is 12.4. The summed E-state index contributed by atoms with van der Waals surface area (Å²) < 4.78 is 0. The van der Waals surface area contributed by atoms with Crippen LogP contribution < -0.4 is 10.6 Å². The number of hydrogen-bond donors (Lipinski definition) is 4. The summed E-state index contributed by atoms with van der Waals surface area (Å²) in [4.78, 5) is 38.2. The van der Waals surface area contributed by atoms with E-state index in [9.17, 15) is 24.6 Å². The van der Waals surface area contributed by atoms with Crippen molar-refractivity contribution in [2.75, 3.05) is 13.1 Å². The Hall–Kier alpha value is -1.58. The summed E-state index contributed by atoms with van der Waals surface area (Å²) in [5.74, 6) is -1.82. The third-order valence-electron chi connectivity index (χ3n) is 6.52. The first kappa shape index (κ1) is 19.7. The number of aliphatic hydroxyl groups is 1. The molecule has 0 saturated carbocycles. The van der Waals surface area contributed by atoms with Gasteiger partial charge in [-0.3, -0.25) is 9.59 Å². The number of aliphatic carboxylic acids is 1. The van der Waals surface area contributed by atoms with Gasteiger partial charge in [0.25, 0.3) is 0 Å². The van der Waals surface area contributed by atoms with Gasteiger partial charge in [-0.05, 0) is 26.2 Å². The van der Waals surface area contributed by atoms with Crippen molar-refractivity contribution in [3.63, 3.8) is 0 Å². The average molecular weight is 410 g/mol. The highest BCUT2D eigenvalue weighted by atomic mass is 32.2. The number of fused-ring (bicyclic) bond motifs is 1. The monoisotopic (exact) mass is 409 g/mol. The number of rotatable bonds is 6. The van der Waals surface area contributed by atoms with E-state index in [1.807, 2.05) is 6.92 Å². The SMILES string of the molecule is CC(O)C1C(=O)N2C(C(=O)O)=C(S[C@@H]3CN[C@H](CC4CCNC4=O)C3)[C@H](C)[C@H]12. The average Bonchev–Trinajstić information content (AvgIpc) is 3.28. The van der Waals surface area contributed by atoms with Crippen LogP contribution in [-0.2, 0) is 14.4 Å². The van der Waals surface area contributed by atoms with Crippen LogP contribution in [0.2, 0.25) is 0 Å². The molecule has 0 aromatic rings. The third-order valence-corrected chi connectivity index (χ3v) is 8.03. The molecule has 0 aliphatic carbocycles. The number of aliphatic hydroxyl groups excluding tert-OH is 1. The number of β-lactam (4-membered cyclic amide) rings is 1. The van der Waals surface area contributed by atoms with E-state index < -0.39 is 18.0 Å². The first-order valence-corrected chi connectivity index (χ1v) is 10.8. The minimum atomic E-state index is -1.08. The van der Waals surface area contributed by atoms with E-state index in [2.05, 4.69) is 10.6 Å². The van der Waals surface area contributed by atoms with Crippen molar-refractivity contribution in [3.8, 4) is 0 Å². The normalized spacial score (nSPS) is 38.5. The van der Waals surface area contributed by atoms with Gasteiger partial charge in [0.1, 0.15) is 5.70 Å². The molecule has 4 aliphatic heterocycles. The van der Waals surface area contributed by atoms with Gasteiger partial charge in [0.05, 0.1) is 18.1 Å². The van der Waals surface area contributed by atoms with Gasteiger partial charge in [-0.2, -0.15) is 0 Å². The molecule has 3 unspecified atom stereocenters. The molecule has 0 radical (unpaired) electrons. The van der Waals surface area contributed by atoms with Crippen LogP contribution >= 0.6 is 11.8 Å². The number of nitrogens with one attached hydrogen (secondary N) is 2. The third kappa shape index (κ3) is 3.13. The summed E-state index contributed by atoms with van der Waals surface area (Å²) in [5, 5.41) is 26.2. The molecule has 8 nitrogen and oxygen atoms in total. The number of nitrogens with zero attached hydrogens (tertiary/aromatic N) is 1. The Morgan fingerprint density at radius 2 is 2.14 bits per heavy atom. The number of carboxylic acid groups (broad SMARTS) is 1. The van der Waals surface area contributed by atoms with Crippen LogP contribution in [-0.4, -0.2) is 69.4 Å². The highest BCUT2D eigenvalue weighted by molar-refractivity contribution is 8.03. The summed E-state index contributed by atoms with van der Waals surface area (Å²) in [6.45, 7) is 5.03. The lowest BCUT2D eigenvalue weighted by Gasteiger charge is -2.46. The van der Waals surface area contributed by atoms with Crippen molar-refractivity contribution < 1.29 is 24.6 Å². The van der Waals surface area contributed by atoms with Gasteiger partial charge < -0.3 is 25.7 Å². The molecule has 4 heterocycles. The van der Waals surface area contributed by atoms with Crippen LogP contribution in [0, 0.1) is 17.8 Å². The number of thioether (sulfide) groups is 1. The number of carbonyl (C=O) groups is 3. The minimum Gasteiger partial charge on any atom is -0.477 e. The molecular weight excluding hydrogens is 382 g/mol. The van der Waals surface area contributed by atoms with Crippen molar-refractivity contribution in [2.45, 2.75) is 56.5 Å². The van der Waals surface area contributed by atoms with E-state index >= 15 is 0 Å². The molecule has 28 heavy (non-hydrogen) atoms. The zero-order valence-corrected chi connectivity index (χ0v) is 16.9. The molecular formula is C19H27N3O5S. The highest BCUT2D eigenvalue weighted by Gasteiger charge is 2.60. The Balaban J connectivity index is 1.44. The second kappa shape index (κ2) is 7.35. The van der Waals surface area contributed by atoms with Crippen molar-refractivity contribution >= 4 is 29.5 Å². The van der Waals surface area contributed by atoms with Crippen LogP contribution in [0.15, 0.2) is 10.6 Å². The standard InChI is InChI=1S/C19H27N3O5S/c1-8-14-13(9(2)23)18(25)22(14)15(19(26)27)16(8)28-12-6-11(21-7-12)5-10-3-4-20-17(10)24/h8-14,21,23H,3-7H2,1-2H3,(H,20,24)(H,26,27)/t8-,9?,10?,11-,12+,13?,14-/m1/s1. The van der Waals surface area contributed by atoms with Crippen LogP contribution in [0.3, 0.4) is 0 Å². The Morgan fingerprint density at radius 3 is 2.75 bits per heavy atom. The van der Waals surface area contributed by atoms with Crippen LogP contribution in [0.4, 0.5) is 0 Å². The molecule has 7 atom stereocenters. The fraction of sp³-hybridized carbons (Fsp3) is 0.737. The molecule has 0 aromatic carbocycles. The fourth-order valence-electron chi connectivity index (χ4n) is 5.12. The Bertz CT molecular complexity index is 739. The molecule has 4 rings (SSSR count). The molecule has 2 amide bonds. The van der Waals surface area contributed by atoms with E-state index in [1.54, 1.807) is 18.7 Å². The molecule has 154 valence electrons. The Labute approximate surface area is 168 Å². The molecule has 4 aliphatic rings. The maximum Gasteiger partial charge on any atom is 0.353 e. The van der Waals surface area contributed by atoms with Crippen molar-refractivity contribution in [1.82, 2.24) is 15.5 Å². The van der Waals surface area contributed by atoms with E-state index in [1.165, 1.54) is 4.90 Å². The maximum absolute atomic E-state index is 12.4. The topological polar surface area (TPSA) is 119 Å². The lowest BCUT2D eigenvalue weighted by atomic mass is 9.79. The quantitative estimate of drug-likeness (QED) is 0.461. The van der Waals surface area contributed by atoms with Gasteiger partial charge in [-0.25, -0.2) is 4.79 Å². The fourth-order valence-corrected chi connectivity index (χ4v) is 6.64. The van der Waals surface area contributed by atoms with Gasteiger partial charge in [0.15, 0.2) is 0 Å². The summed E-state index contributed by atoms with van der Waals surface area (Å²) in [6.07, 6.45) is 1.77. The smallest absolute Gasteiger partial charge is 0.353 e. The van der Waals surface area contributed by atoms with Crippen LogP contribution in [0.25, 0.3) is 0 Å². The van der Waals surface area contributed by atoms with Gasteiger partial charge in [0, 0.05) is 41.1 Å². The molecule has 0 aromatic heterocycles. The summed E-state index contributed by atoms with van der Waals surface area (Å²) in [5.41, 5.74) is 0.0861. The first-order chi connectivity index (χ1) is 13.3. The van der Waals surface area contributed by atoms with Gasteiger partial charge in [-0.15, -0.1) is 11.8 Å². The Morgan fingerprint density at radius 1 is 1.39 bits per heavy atom. The molecule has 9 heteroatoms. The molecule has 3 saturated heterocycles. The number of hydrogen-bond acceptors (Lipinski definition) is 6. The Kier molecular flexibility index (Phi) is 5.18. The van der Waals surface area contributed by atoms with E-state index in [-0.39, 0.29) is 46.7 Å². The van der Waals surface area contributed by atoms with Crippen LogP contribution in [0.1, 0.15) is 33.1 Å². The number of carboxylic acids is 1. The van der Waals surface area contributed by atoms with Crippen molar-refractivity contribution in [1.29, 1.82) is 0 Å². The van der Waals surface area contributed by atoms with Gasteiger partial charge in [-0.1, -0.05) is 6.92 Å². The molecule has 0 bridgehead atoms. The summed E-state index contributed by atoms with van der Waals surface area (Å²) in [7, 11) is 0. The summed E-state index contributed by atoms with van der Waals surface area (Å²) >= 11 is 1.55. The van der Waals surface area contributed by atoms with E-state index in [0.29, 0.717) is 0 Å².